The number of rotatable bonds is 3. The molecule has 108 valence electrons. The standard InChI is InChI=1S/C13H19N5OS/c1-17(2)11-9-8-14-18(10-6-4-5-7-19-10)12(9)16-13(15-11)20-3/h8,10H,4-7H2,1-3H3. The van der Waals surface area contributed by atoms with Crippen LogP contribution in [0, 0.1) is 0 Å². The molecule has 0 aromatic carbocycles. The van der Waals surface area contributed by atoms with Gasteiger partial charge in [-0.1, -0.05) is 11.8 Å². The van der Waals surface area contributed by atoms with E-state index in [4.69, 9.17) is 4.74 Å². The van der Waals surface area contributed by atoms with Gasteiger partial charge < -0.3 is 9.64 Å². The van der Waals surface area contributed by atoms with E-state index in [2.05, 4.69) is 15.1 Å². The van der Waals surface area contributed by atoms with Crippen molar-refractivity contribution in [2.75, 3.05) is 31.9 Å². The Hall–Kier alpha value is -1.34. The van der Waals surface area contributed by atoms with Crippen LogP contribution in [-0.2, 0) is 4.74 Å². The summed E-state index contributed by atoms with van der Waals surface area (Å²) >= 11 is 1.54. The molecule has 3 rings (SSSR count). The minimum absolute atomic E-state index is 0.000804. The van der Waals surface area contributed by atoms with Gasteiger partial charge in [-0.3, -0.25) is 0 Å². The van der Waals surface area contributed by atoms with E-state index in [0.717, 1.165) is 41.5 Å². The Balaban J connectivity index is 2.12. The monoisotopic (exact) mass is 293 g/mol. The lowest BCUT2D eigenvalue weighted by Crippen LogP contribution is -2.19. The first-order chi connectivity index (χ1) is 9.70. The third kappa shape index (κ3) is 2.35. The number of thioether (sulfide) groups is 1. The molecule has 6 nitrogen and oxygen atoms in total. The lowest BCUT2D eigenvalue weighted by molar-refractivity contribution is -0.0370. The van der Waals surface area contributed by atoms with Crippen LogP contribution in [0.4, 0.5) is 5.82 Å². The van der Waals surface area contributed by atoms with Crippen molar-refractivity contribution < 1.29 is 4.74 Å². The fourth-order valence-electron chi connectivity index (χ4n) is 2.45. The summed E-state index contributed by atoms with van der Waals surface area (Å²) in [6, 6.07) is 0. The quantitative estimate of drug-likeness (QED) is 0.639. The second kappa shape index (κ2) is 5.57. The molecule has 0 amide bonds. The Morgan fingerprint density at radius 3 is 2.85 bits per heavy atom. The van der Waals surface area contributed by atoms with E-state index in [-0.39, 0.29) is 6.23 Å². The number of aromatic nitrogens is 4. The van der Waals surface area contributed by atoms with Crippen molar-refractivity contribution in [3.63, 3.8) is 0 Å². The molecule has 0 spiro atoms. The van der Waals surface area contributed by atoms with E-state index in [1.54, 1.807) is 11.8 Å². The smallest absolute Gasteiger partial charge is 0.191 e. The maximum atomic E-state index is 5.82. The van der Waals surface area contributed by atoms with Crippen molar-refractivity contribution in [1.82, 2.24) is 19.7 Å². The molecule has 7 heteroatoms. The van der Waals surface area contributed by atoms with E-state index in [0.29, 0.717) is 0 Å². The Kier molecular flexibility index (Phi) is 3.80. The summed E-state index contributed by atoms with van der Waals surface area (Å²) in [5.74, 6) is 0.904. The third-order valence-electron chi connectivity index (χ3n) is 3.45. The lowest BCUT2D eigenvalue weighted by Gasteiger charge is -2.23. The number of anilines is 1. The second-order valence-electron chi connectivity index (χ2n) is 5.08. The highest BCUT2D eigenvalue weighted by Gasteiger charge is 2.21. The number of nitrogens with zero attached hydrogens (tertiary/aromatic N) is 5. The molecule has 0 saturated carbocycles. The Labute approximate surface area is 122 Å². The second-order valence-corrected chi connectivity index (χ2v) is 5.85. The molecule has 1 aliphatic heterocycles. The summed E-state index contributed by atoms with van der Waals surface area (Å²) < 4.78 is 7.73. The Morgan fingerprint density at radius 1 is 1.35 bits per heavy atom. The van der Waals surface area contributed by atoms with Gasteiger partial charge in [0.05, 0.1) is 11.6 Å². The van der Waals surface area contributed by atoms with Gasteiger partial charge in [-0.05, 0) is 25.5 Å². The van der Waals surface area contributed by atoms with Gasteiger partial charge in [-0.2, -0.15) is 5.10 Å². The van der Waals surface area contributed by atoms with Gasteiger partial charge in [0.2, 0.25) is 0 Å². The number of ether oxygens (including phenoxy) is 1. The first-order valence-electron chi connectivity index (χ1n) is 6.79. The summed E-state index contributed by atoms with van der Waals surface area (Å²) in [5.41, 5.74) is 0.861. The molecule has 20 heavy (non-hydrogen) atoms. The summed E-state index contributed by atoms with van der Waals surface area (Å²) in [6.07, 6.45) is 7.12. The minimum atomic E-state index is 0.000804. The molecule has 2 aromatic rings. The molecule has 0 radical (unpaired) electrons. The average Bonchev–Trinajstić information content (AvgIpc) is 2.90. The van der Waals surface area contributed by atoms with Crippen molar-refractivity contribution in [3.8, 4) is 0 Å². The van der Waals surface area contributed by atoms with Crippen LogP contribution in [0.5, 0.6) is 0 Å². The molecular weight excluding hydrogens is 274 g/mol. The molecule has 0 aliphatic carbocycles. The maximum absolute atomic E-state index is 5.82. The van der Waals surface area contributed by atoms with Gasteiger partial charge in [0.25, 0.3) is 0 Å². The molecule has 0 N–H and O–H groups in total. The molecule has 0 bridgehead atoms. The van der Waals surface area contributed by atoms with Crippen molar-refractivity contribution >= 4 is 28.6 Å². The van der Waals surface area contributed by atoms with Gasteiger partial charge in [-0.15, -0.1) is 0 Å². The zero-order valence-corrected chi connectivity index (χ0v) is 12.9. The van der Waals surface area contributed by atoms with Crippen molar-refractivity contribution in [1.29, 1.82) is 0 Å². The SMILES string of the molecule is CSc1nc(N(C)C)c2cnn(C3CCCCO3)c2n1. The normalized spacial score (nSPS) is 19.4. The zero-order chi connectivity index (χ0) is 14.1. The van der Waals surface area contributed by atoms with Crippen LogP contribution in [0.15, 0.2) is 11.4 Å². The van der Waals surface area contributed by atoms with E-state index < -0.39 is 0 Å². The van der Waals surface area contributed by atoms with Crippen LogP contribution in [0.25, 0.3) is 11.0 Å². The molecule has 1 unspecified atom stereocenters. The van der Waals surface area contributed by atoms with Crippen LogP contribution in [0.1, 0.15) is 25.5 Å². The van der Waals surface area contributed by atoms with Gasteiger partial charge in [0, 0.05) is 20.7 Å². The largest absolute Gasteiger partial charge is 0.362 e. The van der Waals surface area contributed by atoms with E-state index in [1.807, 2.05) is 36.1 Å². The lowest BCUT2D eigenvalue weighted by atomic mass is 10.2. The first kappa shape index (κ1) is 13.6. The minimum Gasteiger partial charge on any atom is -0.362 e. The molecule has 2 aromatic heterocycles. The highest BCUT2D eigenvalue weighted by Crippen LogP contribution is 2.29. The van der Waals surface area contributed by atoms with Gasteiger partial charge in [0.15, 0.2) is 17.0 Å². The number of hydrogen-bond donors (Lipinski definition) is 0. The third-order valence-corrected chi connectivity index (χ3v) is 4.00. The van der Waals surface area contributed by atoms with Crippen molar-refractivity contribution in [2.24, 2.45) is 0 Å². The number of hydrogen-bond acceptors (Lipinski definition) is 6. The fourth-order valence-corrected chi connectivity index (χ4v) is 2.81. The summed E-state index contributed by atoms with van der Waals surface area (Å²) in [6.45, 7) is 0.799. The van der Waals surface area contributed by atoms with E-state index >= 15 is 0 Å². The number of fused-ring (bicyclic) bond motifs is 1. The molecule has 1 fully saturated rings. The predicted molar refractivity (Wildman–Crippen MR) is 80.3 cm³/mol. The molecule has 3 heterocycles. The van der Waals surface area contributed by atoms with Crippen LogP contribution >= 0.6 is 11.8 Å². The summed E-state index contributed by atoms with van der Waals surface area (Å²) in [5, 5.41) is 6.23. The van der Waals surface area contributed by atoms with Crippen LogP contribution in [0.3, 0.4) is 0 Å². The van der Waals surface area contributed by atoms with Crippen LogP contribution < -0.4 is 4.90 Å². The zero-order valence-electron chi connectivity index (χ0n) is 12.0. The fraction of sp³-hybridized carbons (Fsp3) is 0.615. The topological polar surface area (TPSA) is 56.1 Å². The van der Waals surface area contributed by atoms with Gasteiger partial charge >= 0.3 is 0 Å². The van der Waals surface area contributed by atoms with E-state index in [9.17, 15) is 0 Å². The van der Waals surface area contributed by atoms with Gasteiger partial charge in [-0.25, -0.2) is 14.6 Å². The average molecular weight is 293 g/mol. The first-order valence-corrected chi connectivity index (χ1v) is 8.01. The molecule has 1 saturated heterocycles. The van der Waals surface area contributed by atoms with Crippen molar-refractivity contribution in [2.45, 2.75) is 30.6 Å². The van der Waals surface area contributed by atoms with E-state index in [1.165, 1.54) is 6.42 Å². The molecule has 1 atom stereocenters. The molecule has 1 aliphatic rings. The summed E-state index contributed by atoms with van der Waals surface area (Å²) in [4.78, 5) is 11.2. The highest BCUT2D eigenvalue weighted by molar-refractivity contribution is 7.98. The van der Waals surface area contributed by atoms with Crippen LogP contribution in [0.2, 0.25) is 0 Å². The Bertz CT molecular complexity index is 606. The molecular formula is C13H19N5OS. The predicted octanol–water partition coefficient (Wildman–Crippen LogP) is 2.31. The van der Waals surface area contributed by atoms with Crippen molar-refractivity contribution in [3.05, 3.63) is 6.20 Å². The Morgan fingerprint density at radius 2 is 2.20 bits per heavy atom. The maximum Gasteiger partial charge on any atom is 0.191 e. The van der Waals surface area contributed by atoms with Crippen LogP contribution in [-0.4, -0.2) is 46.7 Å². The van der Waals surface area contributed by atoms with Gasteiger partial charge in [0.1, 0.15) is 5.82 Å². The highest BCUT2D eigenvalue weighted by atomic mass is 32.2. The summed E-state index contributed by atoms with van der Waals surface area (Å²) in [7, 11) is 3.97.